The Balaban J connectivity index is 1.98. The number of fused-ring (bicyclic) bond motifs is 1. The van der Waals surface area contributed by atoms with Crippen LogP contribution in [0.1, 0.15) is 32.5 Å². The Labute approximate surface area is 183 Å². The van der Waals surface area contributed by atoms with E-state index in [4.69, 9.17) is 23.2 Å². The quantitative estimate of drug-likeness (QED) is 0.529. The van der Waals surface area contributed by atoms with Gasteiger partial charge in [-0.2, -0.15) is 5.10 Å². The van der Waals surface area contributed by atoms with Crippen molar-refractivity contribution in [3.05, 3.63) is 68.3 Å². The van der Waals surface area contributed by atoms with Gasteiger partial charge in [-0.15, -0.1) is 0 Å². The largest absolute Gasteiger partial charge is 0.322 e. The van der Waals surface area contributed by atoms with Crippen LogP contribution in [0.2, 0.25) is 10.0 Å². The van der Waals surface area contributed by atoms with Crippen molar-refractivity contribution < 1.29 is 9.18 Å². The summed E-state index contributed by atoms with van der Waals surface area (Å²) in [6.07, 6.45) is 0. The second-order valence-electron chi connectivity index (χ2n) is 7.41. The average molecular weight is 451 g/mol. The van der Waals surface area contributed by atoms with Crippen LogP contribution in [0.3, 0.4) is 0 Å². The number of aromatic nitrogens is 2. The zero-order valence-corrected chi connectivity index (χ0v) is 18.2. The second-order valence-corrected chi connectivity index (χ2v) is 8.25. The van der Waals surface area contributed by atoms with E-state index in [-0.39, 0.29) is 16.5 Å². The first-order chi connectivity index (χ1) is 14.2. The molecule has 1 unspecified atom stereocenters. The fraction of sp³-hybridized carbons (Fsp3) is 0.286. The third-order valence-corrected chi connectivity index (χ3v) is 5.16. The molecule has 0 aliphatic heterocycles. The number of anilines is 1. The van der Waals surface area contributed by atoms with Crippen molar-refractivity contribution in [2.75, 3.05) is 11.9 Å². The number of carbonyl (C=O) groups excluding carboxylic acids is 1. The molecule has 0 radical (unpaired) electrons. The van der Waals surface area contributed by atoms with Crippen molar-refractivity contribution in [3.63, 3.8) is 0 Å². The molecule has 158 valence electrons. The van der Waals surface area contributed by atoms with Crippen LogP contribution >= 0.6 is 23.2 Å². The summed E-state index contributed by atoms with van der Waals surface area (Å²) in [6.45, 7) is 6.23. The molecule has 0 aliphatic carbocycles. The third kappa shape index (κ3) is 4.74. The minimum absolute atomic E-state index is 0.0820. The van der Waals surface area contributed by atoms with Gasteiger partial charge in [-0.3, -0.25) is 4.79 Å². The Bertz CT molecular complexity index is 1150. The van der Waals surface area contributed by atoms with Gasteiger partial charge in [0.1, 0.15) is 5.82 Å². The molecule has 0 bridgehead atoms. The van der Waals surface area contributed by atoms with Crippen LogP contribution in [0.25, 0.3) is 10.8 Å². The molecule has 0 spiro atoms. The third-order valence-electron chi connectivity index (χ3n) is 4.64. The average Bonchev–Trinajstić information content (AvgIpc) is 2.69. The fourth-order valence-electron chi connectivity index (χ4n) is 3.20. The summed E-state index contributed by atoms with van der Waals surface area (Å²) in [6, 6.07) is 8.08. The molecule has 2 aromatic carbocycles. The van der Waals surface area contributed by atoms with Crippen LogP contribution < -0.4 is 10.9 Å². The molecule has 2 amide bonds. The molecule has 30 heavy (non-hydrogen) atoms. The van der Waals surface area contributed by atoms with E-state index >= 15 is 0 Å². The van der Waals surface area contributed by atoms with Crippen LogP contribution in [0.15, 0.2) is 41.2 Å². The maximum absolute atomic E-state index is 13.4. The highest BCUT2D eigenvalue weighted by Crippen LogP contribution is 2.28. The summed E-state index contributed by atoms with van der Waals surface area (Å²) in [5.74, 6) is -0.400. The van der Waals surface area contributed by atoms with E-state index in [9.17, 15) is 14.0 Å². The van der Waals surface area contributed by atoms with E-state index in [1.54, 1.807) is 23.1 Å². The number of urea groups is 1. The van der Waals surface area contributed by atoms with Gasteiger partial charge in [0, 0.05) is 22.6 Å². The number of hydrogen-bond acceptors (Lipinski definition) is 3. The van der Waals surface area contributed by atoms with Gasteiger partial charge in [0.05, 0.1) is 22.1 Å². The maximum Gasteiger partial charge on any atom is 0.322 e. The Kier molecular flexibility index (Phi) is 6.63. The highest BCUT2D eigenvalue weighted by molar-refractivity contribution is 6.31. The molecule has 1 heterocycles. The van der Waals surface area contributed by atoms with Gasteiger partial charge in [-0.25, -0.2) is 14.3 Å². The van der Waals surface area contributed by atoms with E-state index in [1.807, 2.05) is 20.8 Å². The Hall–Kier alpha value is -2.64. The van der Waals surface area contributed by atoms with E-state index in [0.717, 1.165) is 0 Å². The lowest BCUT2D eigenvalue weighted by Gasteiger charge is -2.31. The number of H-pyrrole nitrogens is 1. The minimum Gasteiger partial charge on any atom is -0.316 e. The summed E-state index contributed by atoms with van der Waals surface area (Å²) in [5.41, 5.74) is 0.553. The van der Waals surface area contributed by atoms with Gasteiger partial charge in [-0.05, 0) is 43.2 Å². The van der Waals surface area contributed by atoms with Crippen LogP contribution in [0.4, 0.5) is 14.9 Å². The number of aromatic amines is 1. The van der Waals surface area contributed by atoms with E-state index in [0.29, 0.717) is 33.7 Å². The van der Waals surface area contributed by atoms with Gasteiger partial charge in [0.2, 0.25) is 0 Å². The number of hydrogen-bond donors (Lipinski definition) is 2. The zero-order valence-electron chi connectivity index (χ0n) is 16.7. The predicted molar refractivity (Wildman–Crippen MR) is 118 cm³/mol. The monoisotopic (exact) mass is 450 g/mol. The molecule has 6 nitrogen and oxygen atoms in total. The van der Waals surface area contributed by atoms with Crippen LogP contribution in [-0.4, -0.2) is 27.7 Å². The normalized spacial score (nSPS) is 12.2. The van der Waals surface area contributed by atoms with Gasteiger partial charge < -0.3 is 10.2 Å². The predicted octanol–water partition coefficient (Wildman–Crippen LogP) is 5.62. The van der Waals surface area contributed by atoms with Crippen molar-refractivity contribution >= 4 is 45.7 Å². The summed E-state index contributed by atoms with van der Waals surface area (Å²) < 4.78 is 13.4. The number of amides is 2. The van der Waals surface area contributed by atoms with Crippen LogP contribution in [0.5, 0.6) is 0 Å². The van der Waals surface area contributed by atoms with Crippen molar-refractivity contribution in [1.82, 2.24) is 15.1 Å². The molecule has 0 saturated heterocycles. The second kappa shape index (κ2) is 9.02. The molecule has 0 fully saturated rings. The standard InChI is InChI=1S/C21H21Cl2FN4O2/c1-11(2)10-28(21(30)25-14-5-7-18(24)17(23)9-14)12(3)19-15-6-4-13(22)8-16(15)20(29)27-26-19/h4-9,11-12H,10H2,1-3H3,(H,25,30)(H,27,29). The zero-order chi connectivity index (χ0) is 22.0. The molecular formula is C21H21Cl2FN4O2. The molecule has 3 aromatic rings. The highest BCUT2D eigenvalue weighted by Gasteiger charge is 2.26. The van der Waals surface area contributed by atoms with Crippen molar-refractivity contribution in [1.29, 1.82) is 0 Å². The number of rotatable bonds is 5. The highest BCUT2D eigenvalue weighted by atomic mass is 35.5. The lowest BCUT2D eigenvalue weighted by Crippen LogP contribution is -2.40. The molecule has 0 saturated carbocycles. The SMILES string of the molecule is CC(C)CN(C(=O)Nc1ccc(F)c(Cl)c1)C(C)c1n[nH]c(=O)c2cc(Cl)ccc12. The van der Waals surface area contributed by atoms with E-state index < -0.39 is 17.9 Å². The topological polar surface area (TPSA) is 78.1 Å². The maximum atomic E-state index is 13.4. The Morgan fingerprint density at radius 1 is 1.17 bits per heavy atom. The first-order valence-corrected chi connectivity index (χ1v) is 10.1. The van der Waals surface area contributed by atoms with Gasteiger partial charge in [0.25, 0.3) is 5.56 Å². The first-order valence-electron chi connectivity index (χ1n) is 9.38. The molecule has 2 N–H and O–H groups in total. The van der Waals surface area contributed by atoms with E-state index in [1.165, 1.54) is 18.2 Å². The van der Waals surface area contributed by atoms with Crippen LogP contribution in [-0.2, 0) is 0 Å². The smallest absolute Gasteiger partial charge is 0.316 e. The van der Waals surface area contributed by atoms with Crippen LogP contribution in [0, 0.1) is 11.7 Å². The van der Waals surface area contributed by atoms with Gasteiger partial charge >= 0.3 is 6.03 Å². The van der Waals surface area contributed by atoms with Gasteiger partial charge in [0.15, 0.2) is 0 Å². The van der Waals surface area contributed by atoms with E-state index in [2.05, 4.69) is 15.5 Å². The first kappa shape index (κ1) is 22.1. The number of nitrogens with zero attached hydrogens (tertiary/aromatic N) is 2. The van der Waals surface area contributed by atoms with Crippen molar-refractivity contribution in [2.45, 2.75) is 26.8 Å². The summed E-state index contributed by atoms with van der Waals surface area (Å²) in [5, 5.41) is 10.8. The number of nitrogens with one attached hydrogen (secondary N) is 2. The Morgan fingerprint density at radius 2 is 1.90 bits per heavy atom. The fourth-order valence-corrected chi connectivity index (χ4v) is 3.56. The molecule has 1 aromatic heterocycles. The summed E-state index contributed by atoms with van der Waals surface area (Å²) in [4.78, 5) is 26.9. The van der Waals surface area contributed by atoms with Crippen molar-refractivity contribution in [3.8, 4) is 0 Å². The Morgan fingerprint density at radius 3 is 2.57 bits per heavy atom. The summed E-state index contributed by atoms with van der Waals surface area (Å²) in [7, 11) is 0. The minimum atomic E-state index is -0.565. The number of carbonyl (C=O) groups is 1. The summed E-state index contributed by atoms with van der Waals surface area (Å²) >= 11 is 11.9. The molecule has 0 aliphatic rings. The number of benzene rings is 2. The van der Waals surface area contributed by atoms with Gasteiger partial charge in [-0.1, -0.05) is 43.1 Å². The van der Waals surface area contributed by atoms with Crippen molar-refractivity contribution in [2.24, 2.45) is 5.92 Å². The lowest BCUT2D eigenvalue weighted by atomic mass is 10.0. The molecule has 3 rings (SSSR count). The molecular weight excluding hydrogens is 430 g/mol. The lowest BCUT2D eigenvalue weighted by molar-refractivity contribution is 0.182. The molecule has 9 heteroatoms. The molecule has 1 atom stereocenters. The number of halogens is 3.